The summed E-state index contributed by atoms with van der Waals surface area (Å²) in [4.78, 5) is 27.5. The summed E-state index contributed by atoms with van der Waals surface area (Å²) in [5, 5.41) is 6.74. The minimum Gasteiger partial charge on any atom is -0.478 e. The second kappa shape index (κ2) is 6.92. The second-order valence-corrected chi connectivity index (χ2v) is 6.27. The lowest BCUT2D eigenvalue weighted by Gasteiger charge is -2.25. The minimum absolute atomic E-state index is 0.0774. The number of hydrogen-bond acceptors (Lipinski definition) is 3. The fourth-order valence-electron chi connectivity index (χ4n) is 3.14. The molecule has 0 saturated carbocycles. The summed E-state index contributed by atoms with van der Waals surface area (Å²) < 4.78 is 5.72. The Bertz CT molecular complexity index is 964. The minimum atomic E-state index is -0.599. The van der Waals surface area contributed by atoms with Crippen molar-refractivity contribution >= 4 is 28.4 Å². The quantitative estimate of drug-likeness (QED) is 0.662. The van der Waals surface area contributed by atoms with E-state index in [1.165, 1.54) is 0 Å². The molecule has 2 heterocycles. The van der Waals surface area contributed by atoms with Crippen LogP contribution in [0.25, 0.3) is 10.9 Å². The number of carbonyl (C=O) groups is 2. The number of para-hydroxylation sites is 3. The highest BCUT2D eigenvalue weighted by Crippen LogP contribution is 2.29. The molecule has 0 bridgehead atoms. The Labute approximate surface area is 150 Å². The Morgan fingerprint density at radius 1 is 1.12 bits per heavy atom. The van der Waals surface area contributed by atoms with E-state index in [-0.39, 0.29) is 11.8 Å². The average Bonchev–Trinajstić information content (AvgIpc) is 3.05. The van der Waals surface area contributed by atoms with E-state index in [1.54, 1.807) is 6.07 Å². The van der Waals surface area contributed by atoms with E-state index in [2.05, 4.69) is 15.6 Å². The number of amides is 2. The maximum absolute atomic E-state index is 12.2. The predicted octanol–water partition coefficient (Wildman–Crippen LogP) is 2.62. The zero-order valence-electron chi connectivity index (χ0n) is 14.1. The molecule has 6 nitrogen and oxygen atoms in total. The van der Waals surface area contributed by atoms with E-state index in [4.69, 9.17) is 4.74 Å². The van der Waals surface area contributed by atoms with Gasteiger partial charge in [0.2, 0.25) is 5.91 Å². The molecule has 0 radical (unpaired) electrons. The number of aromatic nitrogens is 1. The zero-order valence-corrected chi connectivity index (χ0v) is 14.1. The van der Waals surface area contributed by atoms with Crippen molar-refractivity contribution in [3.05, 3.63) is 60.3 Å². The zero-order chi connectivity index (χ0) is 17.9. The SMILES string of the molecule is O=C(Cc1c[nH]c2ccccc12)NCCC1Oc2ccccc2NC1=O. The molecule has 2 amide bonds. The number of anilines is 1. The lowest BCUT2D eigenvalue weighted by atomic mass is 10.1. The van der Waals surface area contributed by atoms with Gasteiger partial charge in [0.05, 0.1) is 12.1 Å². The fourth-order valence-corrected chi connectivity index (χ4v) is 3.14. The van der Waals surface area contributed by atoms with E-state index in [1.807, 2.05) is 48.7 Å². The van der Waals surface area contributed by atoms with Crippen molar-refractivity contribution in [1.82, 2.24) is 10.3 Å². The lowest BCUT2D eigenvalue weighted by molar-refractivity contribution is -0.124. The molecule has 2 aromatic carbocycles. The second-order valence-electron chi connectivity index (χ2n) is 6.27. The average molecular weight is 349 g/mol. The molecule has 0 spiro atoms. The van der Waals surface area contributed by atoms with E-state index in [0.29, 0.717) is 30.8 Å². The van der Waals surface area contributed by atoms with Crippen LogP contribution < -0.4 is 15.4 Å². The molecule has 1 unspecified atom stereocenters. The first-order valence-electron chi connectivity index (χ1n) is 8.59. The summed E-state index contributed by atoms with van der Waals surface area (Å²) in [6.45, 7) is 0.376. The van der Waals surface area contributed by atoms with Gasteiger partial charge in [0.1, 0.15) is 5.75 Å². The van der Waals surface area contributed by atoms with Crippen molar-refractivity contribution in [3.63, 3.8) is 0 Å². The Balaban J connectivity index is 1.31. The van der Waals surface area contributed by atoms with E-state index in [9.17, 15) is 9.59 Å². The van der Waals surface area contributed by atoms with Crippen molar-refractivity contribution < 1.29 is 14.3 Å². The Hall–Kier alpha value is -3.28. The standard InChI is InChI=1S/C20H19N3O3/c24-19(11-13-12-22-15-6-2-1-5-14(13)15)21-10-9-18-20(25)23-16-7-3-4-8-17(16)26-18/h1-8,12,18,22H,9-11H2,(H,21,24)(H,23,25). The first-order chi connectivity index (χ1) is 12.7. The van der Waals surface area contributed by atoms with E-state index in [0.717, 1.165) is 16.5 Å². The fraction of sp³-hybridized carbons (Fsp3) is 0.200. The molecule has 1 aliphatic rings. The van der Waals surface area contributed by atoms with Crippen molar-refractivity contribution in [2.24, 2.45) is 0 Å². The number of benzene rings is 2. The molecular formula is C20H19N3O3. The molecule has 6 heteroatoms. The number of rotatable bonds is 5. The highest BCUT2D eigenvalue weighted by atomic mass is 16.5. The van der Waals surface area contributed by atoms with Gasteiger partial charge >= 0.3 is 0 Å². The summed E-state index contributed by atoms with van der Waals surface area (Å²) in [5.74, 6) is 0.392. The maximum atomic E-state index is 12.2. The van der Waals surface area contributed by atoms with Gasteiger partial charge in [0.25, 0.3) is 5.91 Å². The predicted molar refractivity (Wildman–Crippen MR) is 99.1 cm³/mol. The molecule has 4 rings (SSSR count). The van der Waals surface area contributed by atoms with Gasteiger partial charge in [-0.1, -0.05) is 30.3 Å². The summed E-state index contributed by atoms with van der Waals surface area (Å²) in [6, 6.07) is 15.2. The van der Waals surface area contributed by atoms with E-state index < -0.39 is 6.10 Å². The highest BCUT2D eigenvalue weighted by molar-refractivity contribution is 5.97. The highest BCUT2D eigenvalue weighted by Gasteiger charge is 2.26. The first kappa shape index (κ1) is 16.2. The van der Waals surface area contributed by atoms with Crippen LogP contribution >= 0.6 is 0 Å². The van der Waals surface area contributed by atoms with Crippen LogP contribution in [-0.4, -0.2) is 29.4 Å². The molecule has 0 aliphatic carbocycles. The Morgan fingerprint density at radius 3 is 2.85 bits per heavy atom. The van der Waals surface area contributed by atoms with Crippen LogP contribution in [0.2, 0.25) is 0 Å². The Morgan fingerprint density at radius 2 is 1.92 bits per heavy atom. The monoisotopic (exact) mass is 349 g/mol. The summed E-state index contributed by atoms with van der Waals surface area (Å²) >= 11 is 0. The van der Waals surface area contributed by atoms with E-state index >= 15 is 0 Å². The van der Waals surface area contributed by atoms with Gasteiger partial charge in [0.15, 0.2) is 6.10 Å². The number of aromatic amines is 1. The molecule has 26 heavy (non-hydrogen) atoms. The molecule has 0 fully saturated rings. The molecule has 1 atom stereocenters. The molecule has 3 N–H and O–H groups in total. The van der Waals surface area contributed by atoms with Gasteiger partial charge < -0.3 is 20.4 Å². The number of nitrogens with one attached hydrogen (secondary N) is 3. The van der Waals surface area contributed by atoms with Crippen LogP contribution in [0.5, 0.6) is 5.75 Å². The van der Waals surface area contributed by atoms with Crippen LogP contribution in [0.15, 0.2) is 54.7 Å². The number of hydrogen-bond donors (Lipinski definition) is 3. The topological polar surface area (TPSA) is 83.2 Å². The van der Waals surface area contributed by atoms with Gasteiger partial charge in [-0.25, -0.2) is 0 Å². The molecule has 132 valence electrons. The van der Waals surface area contributed by atoms with Gasteiger partial charge in [-0.2, -0.15) is 0 Å². The van der Waals surface area contributed by atoms with Crippen LogP contribution in [-0.2, 0) is 16.0 Å². The lowest BCUT2D eigenvalue weighted by Crippen LogP contribution is -2.40. The van der Waals surface area contributed by atoms with Crippen molar-refractivity contribution in [1.29, 1.82) is 0 Å². The smallest absolute Gasteiger partial charge is 0.265 e. The largest absolute Gasteiger partial charge is 0.478 e. The number of fused-ring (bicyclic) bond motifs is 2. The van der Waals surface area contributed by atoms with Crippen LogP contribution in [0.1, 0.15) is 12.0 Å². The molecular weight excluding hydrogens is 330 g/mol. The van der Waals surface area contributed by atoms with Gasteiger partial charge in [-0.15, -0.1) is 0 Å². The Kier molecular flexibility index (Phi) is 4.31. The van der Waals surface area contributed by atoms with Crippen LogP contribution in [0.4, 0.5) is 5.69 Å². The van der Waals surface area contributed by atoms with Crippen LogP contribution in [0, 0.1) is 0 Å². The molecule has 3 aromatic rings. The van der Waals surface area contributed by atoms with Gasteiger partial charge in [0, 0.05) is 30.1 Å². The van der Waals surface area contributed by atoms with Gasteiger partial charge in [-0.05, 0) is 23.8 Å². The van der Waals surface area contributed by atoms with Crippen molar-refractivity contribution in [3.8, 4) is 5.75 Å². The maximum Gasteiger partial charge on any atom is 0.265 e. The third-order valence-electron chi connectivity index (χ3n) is 4.46. The first-order valence-corrected chi connectivity index (χ1v) is 8.59. The third-order valence-corrected chi connectivity index (χ3v) is 4.46. The number of carbonyl (C=O) groups excluding carboxylic acids is 2. The normalized spacial score (nSPS) is 15.8. The number of H-pyrrole nitrogens is 1. The summed E-state index contributed by atoms with van der Waals surface area (Å²) in [7, 11) is 0. The summed E-state index contributed by atoms with van der Waals surface area (Å²) in [5.41, 5.74) is 2.65. The number of ether oxygens (including phenoxy) is 1. The molecule has 0 saturated heterocycles. The summed E-state index contributed by atoms with van der Waals surface area (Å²) in [6.07, 6.45) is 1.97. The molecule has 1 aliphatic heterocycles. The van der Waals surface area contributed by atoms with Crippen LogP contribution in [0.3, 0.4) is 0 Å². The van der Waals surface area contributed by atoms with Gasteiger partial charge in [-0.3, -0.25) is 9.59 Å². The van der Waals surface area contributed by atoms with Crippen molar-refractivity contribution in [2.45, 2.75) is 18.9 Å². The third kappa shape index (κ3) is 3.26. The molecule has 1 aromatic heterocycles. The van der Waals surface area contributed by atoms with Crippen molar-refractivity contribution in [2.75, 3.05) is 11.9 Å².